The lowest BCUT2D eigenvalue weighted by atomic mass is 9.46. The van der Waals surface area contributed by atoms with Gasteiger partial charge in [0, 0.05) is 19.2 Å². The fourth-order valence-electron chi connectivity index (χ4n) is 10.3. The molecule has 0 aromatic carbocycles. The summed E-state index contributed by atoms with van der Waals surface area (Å²) in [6, 6.07) is 0. The average Bonchev–Trinajstić information content (AvgIpc) is 3.13. The molecule has 1 aromatic heterocycles. The van der Waals surface area contributed by atoms with E-state index in [-0.39, 0.29) is 11.3 Å². The highest BCUT2D eigenvalue weighted by Crippen LogP contribution is 2.80. The molecule has 5 saturated carbocycles. The Morgan fingerprint density at radius 3 is 2.64 bits per heavy atom. The highest BCUT2D eigenvalue weighted by atomic mass is 16.5. The lowest BCUT2D eigenvalue weighted by molar-refractivity contribution is -0.143. The highest BCUT2D eigenvalue weighted by Gasteiger charge is 2.76. The molecule has 0 saturated heterocycles. The van der Waals surface area contributed by atoms with Crippen molar-refractivity contribution in [1.29, 1.82) is 0 Å². The van der Waals surface area contributed by atoms with E-state index < -0.39 is 5.60 Å². The van der Waals surface area contributed by atoms with Crippen molar-refractivity contribution in [2.75, 3.05) is 13.7 Å². The van der Waals surface area contributed by atoms with Crippen molar-refractivity contribution in [3.8, 4) is 0 Å². The lowest BCUT2D eigenvalue weighted by Gasteiger charge is -2.58. The number of nitrogens with zero attached hydrogens (tertiary/aromatic N) is 2. The molecule has 0 radical (unpaired) electrons. The Hall–Kier alpha value is -1.20. The van der Waals surface area contributed by atoms with Crippen molar-refractivity contribution < 1.29 is 14.6 Å². The topological polar surface area (TPSA) is 64.3 Å². The van der Waals surface area contributed by atoms with Gasteiger partial charge >= 0.3 is 0 Å². The van der Waals surface area contributed by atoms with Gasteiger partial charge in [0.25, 0.3) is 0 Å². The van der Waals surface area contributed by atoms with Gasteiger partial charge in [0.1, 0.15) is 0 Å². The minimum absolute atomic E-state index is 0.149. The predicted octanol–water partition coefficient (Wildman–Crippen LogP) is 4.65. The first kappa shape index (κ1) is 22.3. The fraction of sp³-hybridized carbons (Fsp3) is 0.857. The maximum Gasteiger partial charge on any atom is 0.158 e. The molecule has 0 bridgehead atoms. The SMILES string of the molecule is COC[C@@]1(O)CC[C@H]2[C@H](CC[C@@H]3[C@@H]2CC[C@@]2(C)[C@H]3C3(C)CC3[C@@H]2C(=O)Cn2cc(C)cn2)C1. The van der Waals surface area contributed by atoms with E-state index in [1.807, 2.05) is 24.0 Å². The Morgan fingerprint density at radius 1 is 1.12 bits per heavy atom. The van der Waals surface area contributed by atoms with Crippen LogP contribution in [0.5, 0.6) is 0 Å². The zero-order valence-corrected chi connectivity index (χ0v) is 20.9. The van der Waals surface area contributed by atoms with Crippen LogP contribution < -0.4 is 0 Å². The standard InChI is InChI=1S/C28H42N2O3/c1-17-13-29-30(14-17)15-23(31)24-22-12-27(22,3)25-21-6-5-18-11-28(32,16-33-4)10-8-19(18)20(21)7-9-26(24,25)2/h13-14,18-22,24-25,32H,5-12,15-16H2,1-4H3/t18-,19+,20-,21-,22?,24-,25+,26-,27?,28-/m1/s1. The summed E-state index contributed by atoms with van der Waals surface area (Å²) >= 11 is 0. The number of carbonyl (C=O) groups is 1. The van der Waals surface area contributed by atoms with Crippen molar-refractivity contribution in [2.24, 2.45) is 52.3 Å². The summed E-state index contributed by atoms with van der Waals surface area (Å²) in [6.45, 7) is 7.94. The van der Waals surface area contributed by atoms with Gasteiger partial charge in [-0.15, -0.1) is 0 Å². The van der Waals surface area contributed by atoms with Gasteiger partial charge in [0.15, 0.2) is 5.78 Å². The number of hydrogen-bond donors (Lipinski definition) is 1. The molecule has 182 valence electrons. The predicted molar refractivity (Wildman–Crippen MR) is 126 cm³/mol. The molecule has 2 unspecified atom stereocenters. The third kappa shape index (κ3) is 3.24. The molecule has 1 aromatic rings. The Morgan fingerprint density at radius 2 is 1.91 bits per heavy atom. The van der Waals surface area contributed by atoms with Gasteiger partial charge < -0.3 is 9.84 Å². The summed E-state index contributed by atoms with van der Waals surface area (Å²) in [7, 11) is 1.71. The fourth-order valence-corrected chi connectivity index (χ4v) is 10.3. The van der Waals surface area contributed by atoms with E-state index in [4.69, 9.17) is 4.74 Å². The van der Waals surface area contributed by atoms with Crippen LogP contribution in [-0.2, 0) is 16.1 Å². The van der Waals surface area contributed by atoms with Crippen LogP contribution in [0.2, 0.25) is 0 Å². The molecule has 5 heteroatoms. The number of ketones is 1. The van der Waals surface area contributed by atoms with Crippen LogP contribution in [0.1, 0.15) is 70.8 Å². The van der Waals surface area contributed by atoms with E-state index in [0.29, 0.717) is 42.1 Å². The molecule has 5 aliphatic rings. The second kappa shape index (κ2) is 7.40. The van der Waals surface area contributed by atoms with Gasteiger partial charge in [-0.2, -0.15) is 5.10 Å². The van der Waals surface area contributed by atoms with Crippen molar-refractivity contribution in [1.82, 2.24) is 9.78 Å². The molecule has 5 aliphatic carbocycles. The quantitative estimate of drug-likeness (QED) is 0.703. The average molecular weight is 455 g/mol. The minimum Gasteiger partial charge on any atom is -0.387 e. The normalized spacial score (nSPS) is 50.2. The Balaban J connectivity index is 1.23. The molecule has 1 N–H and O–H groups in total. The molecular formula is C28H42N2O3. The second-order valence-corrected chi connectivity index (χ2v) is 13.2. The summed E-state index contributed by atoms with van der Waals surface area (Å²) < 4.78 is 7.22. The van der Waals surface area contributed by atoms with E-state index in [2.05, 4.69) is 18.9 Å². The van der Waals surface area contributed by atoms with Crippen molar-refractivity contribution in [3.05, 3.63) is 18.0 Å². The molecule has 0 aliphatic heterocycles. The molecule has 0 spiro atoms. The minimum atomic E-state index is -0.616. The number of hydrogen-bond acceptors (Lipinski definition) is 4. The van der Waals surface area contributed by atoms with Crippen LogP contribution in [0, 0.1) is 59.2 Å². The maximum atomic E-state index is 13.7. The van der Waals surface area contributed by atoms with Gasteiger partial charge in [-0.05, 0) is 110 Å². The second-order valence-electron chi connectivity index (χ2n) is 13.2. The Labute approximate surface area is 198 Å². The molecule has 5 fully saturated rings. The number of methoxy groups -OCH3 is 1. The summed E-state index contributed by atoms with van der Waals surface area (Å²) in [4.78, 5) is 13.7. The molecule has 0 amide bonds. The van der Waals surface area contributed by atoms with Gasteiger partial charge in [-0.3, -0.25) is 9.48 Å². The summed E-state index contributed by atoms with van der Waals surface area (Å²) in [5, 5.41) is 15.4. The number of carbonyl (C=O) groups excluding carboxylic acids is 1. The van der Waals surface area contributed by atoms with E-state index in [1.165, 1.54) is 32.1 Å². The first-order chi connectivity index (χ1) is 15.7. The van der Waals surface area contributed by atoms with Crippen LogP contribution in [0.15, 0.2) is 12.4 Å². The number of aliphatic hydroxyl groups is 1. The number of Topliss-reactive ketones (excluding diaryl/α,β-unsaturated/α-hetero) is 1. The summed E-state index contributed by atoms with van der Waals surface area (Å²) in [5.41, 5.74) is 1.01. The number of ether oxygens (including phenoxy) is 1. The van der Waals surface area contributed by atoms with Crippen molar-refractivity contribution in [2.45, 2.75) is 84.3 Å². The zero-order valence-electron chi connectivity index (χ0n) is 20.9. The monoisotopic (exact) mass is 454 g/mol. The smallest absolute Gasteiger partial charge is 0.158 e. The van der Waals surface area contributed by atoms with Gasteiger partial charge in [0.2, 0.25) is 0 Å². The zero-order chi connectivity index (χ0) is 23.2. The number of aromatic nitrogens is 2. The van der Waals surface area contributed by atoms with Crippen molar-refractivity contribution in [3.63, 3.8) is 0 Å². The molecule has 1 heterocycles. The van der Waals surface area contributed by atoms with Crippen LogP contribution in [-0.4, -0.2) is 40.0 Å². The van der Waals surface area contributed by atoms with Crippen LogP contribution in [0.3, 0.4) is 0 Å². The van der Waals surface area contributed by atoms with Gasteiger partial charge in [-0.25, -0.2) is 0 Å². The molecule has 10 atom stereocenters. The van der Waals surface area contributed by atoms with Crippen LogP contribution in [0.25, 0.3) is 0 Å². The Bertz CT molecular complexity index is 943. The Kier molecular flexibility index (Phi) is 4.99. The van der Waals surface area contributed by atoms with Crippen molar-refractivity contribution >= 4 is 5.78 Å². The summed E-state index contributed by atoms with van der Waals surface area (Å²) in [5.74, 6) is 4.84. The third-order valence-electron chi connectivity index (χ3n) is 11.3. The first-order valence-electron chi connectivity index (χ1n) is 13.4. The molecule has 33 heavy (non-hydrogen) atoms. The largest absolute Gasteiger partial charge is 0.387 e. The maximum absolute atomic E-state index is 13.7. The van der Waals surface area contributed by atoms with E-state index in [0.717, 1.165) is 42.6 Å². The number of rotatable bonds is 5. The van der Waals surface area contributed by atoms with Crippen LogP contribution in [0.4, 0.5) is 0 Å². The van der Waals surface area contributed by atoms with E-state index in [1.54, 1.807) is 7.11 Å². The third-order valence-corrected chi connectivity index (χ3v) is 11.3. The lowest BCUT2D eigenvalue weighted by Crippen LogP contribution is -2.54. The van der Waals surface area contributed by atoms with Gasteiger partial charge in [0.05, 0.1) is 24.9 Å². The molecule has 6 rings (SSSR count). The number of aryl methyl sites for hydroxylation is 1. The van der Waals surface area contributed by atoms with E-state index >= 15 is 0 Å². The molecular weight excluding hydrogens is 412 g/mol. The number of fused-ring (bicyclic) bond motifs is 7. The van der Waals surface area contributed by atoms with E-state index in [9.17, 15) is 9.90 Å². The first-order valence-corrected chi connectivity index (χ1v) is 13.4. The van der Waals surface area contributed by atoms with Gasteiger partial charge in [-0.1, -0.05) is 13.8 Å². The highest BCUT2D eigenvalue weighted by molar-refractivity contribution is 5.83. The molecule has 5 nitrogen and oxygen atoms in total. The van der Waals surface area contributed by atoms with Crippen LogP contribution >= 0.6 is 0 Å². The summed E-state index contributed by atoms with van der Waals surface area (Å²) in [6.07, 6.45) is 13.1.